The zero-order chi connectivity index (χ0) is 12.1. The van der Waals surface area contributed by atoms with E-state index in [1.165, 1.54) is 11.1 Å². The van der Waals surface area contributed by atoms with Gasteiger partial charge >= 0.3 is 0 Å². The lowest BCUT2D eigenvalue weighted by Crippen LogP contribution is -1.98. The minimum atomic E-state index is 0.205. The molecule has 0 saturated carbocycles. The summed E-state index contributed by atoms with van der Waals surface area (Å²) in [5, 5.41) is 0. The highest BCUT2D eigenvalue weighted by molar-refractivity contribution is 5.98. The van der Waals surface area contributed by atoms with Crippen LogP contribution < -0.4 is 0 Å². The molecule has 0 aliphatic rings. The second kappa shape index (κ2) is 5.44. The Morgan fingerprint density at radius 1 is 0.882 bits per heavy atom. The van der Waals surface area contributed by atoms with E-state index in [2.05, 4.69) is 50.2 Å². The van der Waals surface area contributed by atoms with Crippen molar-refractivity contribution in [3.05, 3.63) is 71.8 Å². The Morgan fingerprint density at radius 2 is 1.41 bits per heavy atom. The predicted octanol–water partition coefficient (Wildman–Crippen LogP) is 4.26. The van der Waals surface area contributed by atoms with Crippen molar-refractivity contribution in [2.75, 3.05) is 0 Å². The van der Waals surface area contributed by atoms with E-state index in [4.69, 9.17) is 4.99 Å². The highest BCUT2D eigenvalue weighted by Crippen LogP contribution is 2.17. The molecule has 0 spiro atoms. The topological polar surface area (TPSA) is 12.4 Å². The van der Waals surface area contributed by atoms with Crippen LogP contribution in [0.15, 0.2) is 65.7 Å². The predicted molar refractivity (Wildman–Crippen MR) is 73.5 cm³/mol. The van der Waals surface area contributed by atoms with E-state index in [1.807, 2.05) is 24.3 Å². The maximum absolute atomic E-state index is 4.73. The minimum absolute atomic E-state index is 0.205. The van der Waals surface area contributed by atoms with Crippen molar-refractivity contribution in [2.24, 2.45) is 4.99 Å². The maximum Gasteiger partial charge on any atom is 0.0724 e. The van der Waals surface area contributed by atoms with Gasteiger partial charge in [0.25, 0.3) is 0 Å². The Kier molecular flexibility index (Phi) is 3.71. The van der Waals surface area contributed by atoms with Crippen LogP contribution in [0.3, 0.4) is 0 Å². The fraction of sp³-hybridized carbons (Fsp3) is 0.188. The van der Waals surface area contributed by atoms with E-state index in [0.717, 1.165) is 5.71 Å². The zero-order valence-electron chi connectivity index (χ0n) is 10.3. The smallest absolute Gasteiger partial charge is 0.0724 e. The molecule has 1 heteroatoms. The highest BCUT2D eigenvalue weighted by Gasteiger charge is 2.03. The van der Waals surface area contributed by atoms with Crippen molar-refractivity contribution in [1.82, 2.24) is 0 Å². The molecule has 0 radical (unpaired) electrons. The van der Waals surface area contributed by atoms with Gasteiger partial charge in [-0.3, -0.25) is 4.99 Å². The van der Waals surface area contributed by atoms with Crippen LogP contribution in [-0.4, -0.2) is 5.71 Å². The van der Waals surface area contributed by atoms with Crippen LogP contribution >= 0.6 is 0 Å². The van der Waals surface area contributed by atoms with Crippen LogP contribution in [0.4, 0.5) is 0 Å². The normalized spacial score (nSPS) is 13.4. The molecule has 0 aliphatic carbocycles. The number of hydrogen-bond acceptors (Lipinski definition) is 1. The van der Waals surface area contributed by atoms with E-state index in [-0.39, 0.29) is 6.04 Å². The molecule has 2 rings (SSSR count). The highest BCUT2D eigenvalue weighted by atomic mass is 14.8. The Morgan fingerprint density at radius 3 is 2.00 bits per heavy atom. The average molecular weight is 223 g/mol. The van der Waals surface area contributed by atoms with Crippen LogP contribution in [0, 0.1) is 0 Å². The first-order valence-corrected chi connectivity index (χ1v) is 5.92. The third-order valence-electron chi connectivity index (χ3n) is 2.86. The van der Waals surface area contributed by atoms with Crippen molar-refractivity contribution in [3.63, 3.8) is 0 Å². The Bertz CT molecular complexity index is 485. The van der Waals surface area contributed by atoms with Gasteiger partial charge in [0.15, 0.2) is 0 Å². The van der Waals surface area contributed by atoms with Gasteiger partial charge in [-0.25, -0.2) is 0 Å². The van der Waals surface area contributed by atoms with Crippen LogP contribution in [0.25, 0.3) is 0 Å². The van der Waals surface area contributed by atoms with Gasteiger partial charge in [-0.1, -0.05) is 60.7 Å². The molecule has 2 aromatic rings. The first kappa shape index (κ1) is 11.6. The van der Waals surface area contributed by atoms with Gasteiger partial charge in [0.05, 0.1) is 6.04 Å². The number of aliphatic imine (C=N–C) groups is 1. The van der Waals surface area contributed by atoms with E-state index in [9.17, 15) is 0 Å². The molecule has 0 aromatic heterocycles. The lowest BCUT2D eigenvalue weighted by Gasteiger charge is -2.09. The van der Waals surface area contributed by atoms with Crippen molar-refractivity contribution in [3.8, 4) is 0 Å². The third kappa shape index (κ3) is 3.04. The second-order valence-corrected chi connectivity index (χ2v) is 4.17. The van der Waals surface area contributed by atoms with E-state index < -0.39 is 0 Å². The summed E-state index contributed by atoms with van der Waals surface area (Å²) < 4.78 is 0. The summed E-state index contributed by atoms with van der Waals surface area (Å²) in [6.07, 6.45) is 0. The van der Waals surface area contributed by atoms with Crippen molar-refractivity contribution in [2.45, 2.75) is 19.9 Å². The van der Waals surface area contributed by atoms with Crippen molar-refractivity contribution < 1.29 is 0 Å². The molecule has 86 valence electrons. The summed E-state index contributed by atoms with van der Waals surface area (Å²) in [7, 11) is 0. The van der Waals surface area contributed by atoms with Crippen molar-refractivity contribution in [1.29, 1.82) is 0 Å². The van der Waals surface area contributed by atoms with Gasteiger partial charge in [0.1, 0.15) is 0 Å². The molecule has 17 heavy (non-hydrogen) atoms. The SMILES string of the molecule is CC(=N[C@@H](C)c1ccccc1)c1ccccc1. The Labute approximate surface area is 103 Å². The molecule has 0 heterocycles. The fourth-order valence-electron chi connectivity index (χ4n) is 1.85. The Balaban J connectivity index is 2.20. The monoisotopic (exact) mass is 223 g/mol. The quantitative estimate of drug-likeness (QED) is 0.689. The molecule has 2 aromatic carbocycles. The van der Waals surface area contributed by atoms with Gasteiger partial charge in [-0.2, -0.15) is 0 Å². The summed E-state index contributed by atoms with van der Waals surface area (Å²) in [6, 6.07) is 20.9. The largest absolute Gasteiger partial charge is 0.282 e. The summed E-state index contributed by atoms with van der Waals surface area (Å²) in [4.78, 5) is 4.73. The molecule has 0 aliphatic heterocycles. The number of hydrogen-bond donors (Lipinski definition) is 0. The van der Waals surface area contributed by atoms with Gasteiger partial charge < -0.3 is 0 Å². The average Bonchev–Trinajstić information content (AvgIpc) is 2.40. The Hall–Kier alpha value is -1.89. The molecular formula is C16H17N. The van der Waals surface area contributed by atoms with Crippen LogP contribution in [-0.2, 0) is 0 Å². The summed E-state index contributed by atoms with van der Waals surface area (Å²) in [5.74, 6) is 0. The zero-order valence-corrected chi connectivity index (χ0v) is 10.3. The molecule has 1 nitrogen and oxygen atoms in total. The molecule has 0 bridgehead atoms. The lowest BCUT2D eigenvalue weighted by atomic mass is 10.1. The van der Waals surface area contributed by atoms with Crippen LogP contribution in [0.2, 0.25) is 0 Å². The number of benzene rings is 2. The fourth-order valence-corrected chi connectivity index (χ4v) is 1.85. The third-order valence-corrected chi connectivity index (χ3v) is 2.86. The molecule has 0 unspecified atom stereocenters. The molecule has 0 fully saturated rings. The number of rotatable bonds is 3. The molecular weight excluding hydrogens is 206 g/mol. The standard InChI is InChI=1S/C16H17N/c1-13(15-9-5-3-6-10-15)17-14(2)16-11-7-4-8-12-16/h3-13H,1-2H3/t13-/m0/s1. The van der Waals surface area contributed by atoms with Crippen molar-refractivity contribution >= 4 is 5.71 Å². The molecule has 0 amide bonds. The van der Waals surface area contributed by atoms with Gasteiger partial charge in [-0.15, -0.1) is 0 Å². The van der Waals surface area contributed by atoms with E-state index in [1.54, 1.807) is 0 Å². The number of nitrogens with zero attached hydrogens (tertiary/aromatic N) is 1. The molecule has 1 atom stereocenters. The van der Waals surface area contributed by atoms with Gasteiger partial charge in [-0.05, 0) is 25.0 Å². The maximum atomic E-state index is 4.73. The van der Waals surface area contributed by atoms with Crippen LogP contribution in [0.5, 0.6) is 0 Å². The van der Waals surface area contributed by atoms with E-state index >= 15 is 0 Å². The first-order chi connectivity index (χ1) is 8.27. The van der Waals surface area contributed by atoms with Crippen LogP contribution in [0.1, 0.15) is 31.0 Å². The molecule has 0 saturated heterocycles. The minimum Gasteiger partial charge on any atom is -0.282 e. The summed E-state index contributed by atoms with van der Waals surface area (Å²) in [6.45, 7) is 4.19. The summed E-state index contributed by atoms with van der Waals surface area (Å²) in [5.41, 5.74) is 3.53. The van der Waals surface area contributed by atoms with Gasteiger partial charge in [0, 0.05) is 5.71 Å². The summed E-state index contributed by atoms with van der Waals surface area (Å²) >= 11 is 0. The first-order valence-electron chi connectivity index (χ1n) is 5.92. The lowest BCUT2D eigenvalue weighted by molar-refractivity contribution is 0.819. The van der Waals surface area contributed by atoms with E-state index in [0.29, 0.717) is 0 Å². The molecule has 0 N–H and O–H groups in total. The second-order valence-electron chi connectivity index (χ2n) is 4.17. The van der Waals surface area contributed by atoms with Gasteiger partial charge in [0.2, 0.25) is 0 Å².